The highest BCUT2D eigenvalue weighted by molar-refractivity contribution is 5.99. The highest BCUT2D eigenvalue weighted by Gasteiger charge is 2.21. The lowest BCUT2D eigenvalue weighted by Crippen LogP contribution is -2.16. The van der Waals surface area contributed by atoms with Gasteiger partial charge in [-0.05, 0) is 55.4 Å². The molecule has 0 unspecified atom stereocenters. The van der Waals surface area contributed by atoms with E-state index in [1.54, 1.807) is 0 Å². The van der Waals surface area contributed by atoms with E-state index in [2.05, 4.69) is 54.5 Å². The Morgan fingerprint density at radius 3 is 1.76 bits per heavy atom. The number of hydrogen-bond donors (Lipinski definition) is 0. The van der Waals surface area contributed by atoms with Crippen LogP contribution in [0.1, 0.15) is 59.8 Å². The first-order valence-corrected chi connectivity index (χ1v) is 6.24. The van der Waals surface area contributed by atoms with Gasteiger partial charge in [-0.1, -0.05) is 26.8 Å². The van der Waals surface area contributed by atoms with Crippen LogP contribution in [0.25, 0.3) is 0 Å². The Labute approximate surface area is 105 Å². The number of aryl methyl sites for hydroxylation is 2. The predicted molar refractivity (Wildman–Crippen MR) is 73.8 cm³/mol. The number of ketones is 1. The van der Waals surface area contributed by atoms with Crippen molar-refractivity contribution in [3.63, 3.8) is 0 Å². The lowest BCUT2D eigenvalue weighted by Gasteiger charge is -2.20. The third kappa shape index (κ3) is 3.18. The first-order chi connectivity index (χ1) is 7.63. The van der Waals surface area contributed by atoms with E-state index in [0.29, 0.717) is 6.42 Å². The normalized spacial score (nSPS) is 11.7. The maximum atomic E-state index is 12.4. The van der Waals surface area contributed by atoms with Crippen LogP contribution in [0.5, 0.6) is 0 Å². The van der Waals surface area contributed by atoms with Crippen LogP contribution in [-0.2, 0) is 0 Å². The lowest BCUT2D eigenvalue weighted by atomic mass is 9.83. The molecule has 0 aliphatic carbocycles. The van der Waals surface area contributed by atoms with Crippen molar-refractivity contribution in [2.45, 2.75) is 54.9 Å². The molecule has 1 aromatic rings. The van der Waals surface area contributed by atoms with Gasteiger partial charge in [-0.3, -0.25) is 4.79 Å². The van der Waals surface area contributed by atoms with Gasteiger partial charge in [0.05, 0.1) is 0 Å². The maximum absolute atomic E-state index is 12.4. The molecule has 0 fully saturated rings. The summed E-state index contributed by atoms with van der Waals surface area (Å²) in [6, 6.07) is 2.17. The van der Waals surface area contributed by atoms with Crippen molar-refractivity contribution in [2.24, 2.45) is 5.41 Å². The van der Waals surface area contributed by atoms with Crippen LogP contribution in [-0.4, -0.2) is 5.78 Å². The zero-order valence-electron chi connectivity index (χ0n) is 12.2. The molecule has 0 spiro atoms. The van der Waals surface area contributed by atoms with Crippen LogP contribution in [0, 0.1) is 33.1 Å². The summed E-state index contributed by atoms with van der Waals surface area (Å²) in [6.45, 7) is 14.6. The number of Topliss-reactive ketones (excluding diaryl/α,β-unsaturated/α-hetero) is 1. The largest absolute Gasteiger partial charge is 0.294 e. The number of carbonyl (C=O) groups is 1. The molecule has 0 amide bonds. The molecule has 1 rings (SSSR count). The van der Waals surface area contributed by atoms with Crippen molar-refractivity contribution in [1.82, 2.24) is 0 Å². The van der Waals surface area contributed by atoms with Gasteiger partial charge < -0.3 is 0 Å². The van der Waals surface area contributed by atoms with Gasteiger partial charge in [-0.15, -0.1) is 0 Å². The van der Waals surface area contributed by atoms with Crippen molar-refractivity contribution < 1.29 is 4.79 Å². The second kappa shape index (κ2) is 4.64. The van der Waals surface area contributed by atoms with Crippen molar-refractivity contribution in [3.05, 3.63) is 33.9 Å². The summed E-state index contributed by atoms with van der Waals surface area (Å²) in [7, 11) is 0. The van der Waals surface area contributed by atoms with Crippen LogP contribution in [0.15, 0.2) is 6.07 Å². The Morgan fingerprint density at radius 1 is 1.00 bits per heavy atom. The topological polar surface area (TPSA) is 17.1 Å². The summed E-state index contributed by atoms with van der Waals surface area (Å²) in [4.78, 5) is 12.4. The van der Waals surface area contributed by atoms with Gasteiger partial charge in [-0.25, -0.2) is 0 Å². The van der Waals surface area contributed by atoms with E-state index in [1.165, 1.54) is 11.1 Å². The molecule has 0 atom stereocenters. The Balaban J connectivity index is 3.27. The standard InChI is InChI=1S/C16H24O/c1-10-8-11(2)13(4)15(12(10)3)14(17)9-16(5,6)7/h8H,9H2,1-7H3. The zero-order valence-corrected chi connectivity index (χ0v) is 12.2. The molecule has 0 aromatic heterocycles. The molecule has 0 aliphatic rings. The smallest absolute Gasteiger partial charge is 0.163 e. The van der Waals surface area contributed by atoms with E-state index < -0.39 is 0 Å². The summed E-state index contributed by atoms with van der Waals surface area (Å²) < 4.78 is 0. The molecule has 17 heavy (non-hydrogen) atoms. The third-order valence-corrected chi connectivity index (χ3v) is 3.34. The van der Waals surface area contributed by atoms with Gasteiger partial charge in [0.15, 0.2) is 5.78 Å². The Kier molecular flexibility index (Phi) is 3.81. The summed E-state index contributed by atoms with van der Waals surface area (Å²) in [6.07, 6.45) is 0.609. The van der Waals surface area contributed by atoms with Crippen molar-refractivity contribution >= 4 is 5.78 Å². The van der Waals surface area contributed by atoms with Crippen molar-refractivity contribution in [1.29, 1.82) is 0 Å². The number of hydrogen-bond acceptors (Lipinski definition) is 1. The average molecular weight is 232 g/mol. The fourth-order valence-corrected chi connectivity index (χ4v) is 2.21. The highest BCUT2D eigenvalue weighted by atomic mass is 16.1. The van der Waals surface area contributed by atoms with Crippen LogP contribution in [0.4, 0.5) is 0 Å². The lowest BCUT2D eigenvalue weighted by molar-refractivity contribution is 0.0938. The molecular weight excluding hydrogens is 208 g/mol. The molecular formula is C16H24O. The summed E-state index contributed by atoms with van der Waals surface area (Å²) in [5, 5.41) is 0. The predicted octanol–water partition coefficient (Wildman–Crippen LogP) is 4.54. The molecule has 1 nitrogen and oxygen atoms in total. The zero-order chi connectivity index (χ0) is 13.4. The minimum atomic E-state index is 0.0492. The molecule has 1 aromatic carbocycles. The minimum absolute atomic E-state index is 0.0492. The molecule has 0 saturated heterocycles. The Hall–Kier alpha value is -1.11. The van der Waals surface area contributed by atoms with Gasteiger partial charge in [-0.2, -0.15) is 0 Å². The molecule has 94 valence electrons. The number of benzene rings is 1. The van der Waals surface area contributed by atoms with Gasteiger partial charge >= 0.3 is 0 Å². The van der Waals surface area contributed by atoms with Gasteiger partial charge in [0.1, 0.15) is 0 Å². The number of carbonyl (C=O) groups excluding carboxylic acids is 1. The first kappa shape index (κ1) is 14.0. The van der Waals surface area contributed by atoms with E-state index in [-0.39, 0.29) is 11.2 Å². The van der Waals surface area contributed by atoms with E-state index in [1.807, 2.05) is 0 Å². The molecule has 0 aliphatic heterocycles. The maximum Gasteiger partial charge on any atom is 0.163 e. The van der Waals surface area contributed by atoms with E-state index in [9.17, 15) is 4.79 Å². The Morgan fingerprint density at radius 2 is 1.41 bits per heavy atom. The van der Waals surface area contributed by atoms with E-state index in [0.717, 1.165) is 16.7 Å². The summed E-state index contributed by atoms with van der Waals surface area (Å²) in [5.41, 5.74) is 5.70. The highest BCUT2D eigenvalue weighted by Crippen LogP contribution is 2.27. The quantitative estimate of drug-likeness (QED) is 0.684. The third-order valence-electron chi connectivity index (χ3n) is 3.34. The minimum Gasteiger partial charge on any atom is -0.294 e. The molecule has 0 bridgehead atoms. The van der Waals surface area contributed by atoms with Crippen LogP contribution >= 0.6 is 0 Å². The van der Waals surface area contributed by atoms with Gasteiger partial charge in [0, 0.05) is 12.0 Å². The Bertz CT molecular complexity index is 421. The molecule has 0 radical (unpaired) electrons. The SMILES string of the molecule is Cc1cc(C)c(C)c(C(=O)CC(C)(C)C)c1C. The number of rotatable bonds is 2. The van der Waals surface area contributed by atoms with E-state index >= 15 is 0 Å². The fourth-order valence-electron chi connectivity index (χ4n) is 2.21. The average Bonchev–Trinajstić information content (AvgIpc) is 2.12. The fraction of sp³-hybridized carbons (Fsp3) is 0.562. The van der Waals surface area contributed by atoms with Gasteiger partial charge in [0.25, 0.3) is 0 Å². The van der Waals surface area contributed by atoms with Crippen LogP contribution in [0.2, 0.25) is 0 Å². The first-order valence-electron chi connectivity index (χ1n) is 6.24. The van der Waals surface area contributed by atoms with Crippen molar-refractivity contribution in [3.8, 4) is 0 Å². The molecule has 0 heterocycles. The van der Waals surface area contributed by atoms with Crippen molar-refractivity contribution in [2.75, 3.05) is 0 Å². The van der Waals surface area contributed by atoms with Crippen LogP contribution in [0.3, 0.4) is 0 Å². The van der Waals surface area contributed by atoms with Crippen LogP contribution < -0.4 is 0 Å². The molecule has 0 saturated carbocycles. The summed E-state index contributed by atoms with van der Waals surface area (Å²) >= 11 is 0. The second-order valence-electron chi connectivity index (χ2n) is 6.30. The van der Waals surface area contributed by atoms with E-state index in [4.69, 9.17) is 0 Å². The second-order valence-corrected chi connectivity index (χ2v) is 6.30. The van der Waals surface area contributed by atoms with Gasteiger partial charge in [0.2, 0.25) is 0 Å². The molecule has 0 N–H and O–H groups in total. The summed E-state index contributed by atoms with van der Waals surface area (Å²) in [5.74, 6) is 0.277. The molecule has 1 heteroatoms. The monoisotopic (exact) mass is 232 g/mol.